The van der Waals surface area contributed by atoms with E-state index in [2.05, 4.69) is 25.7 Å². The fraction of sp³-hybridized carbons (Fsp3) is 0.600. The van der Waals surface area contributed by atoms with Crippen molar-refractivity contribution in [1.82, 2.24) is 0 Å². The minimum absolute atomic E-state index is 1.08. The van der Waals surface area contributed by atoms with Crippen LogP contribution in [0.4, 0.5) is 0 Å². The first kappa shape index (κ1) is 6.17. The van der Waals surface area contributed by atoms with Gasteiger partial charge in [-0.3, -0.25) is 0 Å². The third kappa shape index (κ3) is 4.17. The first-order valence-corrected chi connectivity index (χ1v) is 3.88. The molecule has 0 rings (SSSR count). The predicted octanol–water partition coefficient (Wildman–Crippen LogP) is 1.87. The molecule has 36 valence electrons. The molecular weight excluding hydrogens is 91.0 g/mol. The lowest BCUT2D eigenvalue weighted by Crippen LogP contribution is -1.57. The van der Waals surface area contributed by atoms with Gasteiger partial charge >= 0.3 is 0 Å². The molecule has 0 amide bonds. The minimum atomic E-state index is 1.08. The third-order valence-corrected chi connectivity index (χ3v) is 1.20. The van der Waals surface area contributed by atoms with Gasteiger partial charge in [-0.05, 0) is 19.8 Å². The van der Waals surface area contributed by atoms with E-state index >= 15 is 0 Å². The Labute approximate surface area is 41.4 Å². The Morgan fingerprint density at radius 1 is 1.67 bits per heavy atom. The molecule has 1 atom stereocenters. The second-order valence-corrected chi connectivity index (χ2v) is 2.24. The zero-order valence-corrected chi connectivity index (χ0v) is 5.36. The van der Waals surface area contributed by atoms with Crippen LogP contribution < -0.4 is 0 Å². The highest BCUT2D eigenvalue weighted by Crippen LogP contribution is 1.99. The van der Waals surface area contributed by atoms with Crippen LogP contribution in [0.5, 0.6) is 0 Å². The van der Waals surface area contributed by atoms with Crippen LogP contribution in [-0.2, 0) is 0 Å². The molecule has 0 aliphatic carbocycles. The molecule has 1 unspecified atom stereocenters. The molecule has 0 aliphatic rings. The van der Waals surface area contributed by atoms with Crippen molar-refractivity contribution in [3.05, 3.63) is 12.2 Å². The van der Waals surface area contributed by atoms with E-state index in [4.69, 9.17) is 0 Å². The van der Waals surface area contributed by atoms with Gasteiger partial charge in [0.1, 0.15) is 0 Å². The van der Waals surface area contributed by atoms with Crippen LogP contribution in [-0.4, -0.2) is 12.8 Å². The largest absolute Gasteiger partial charge is 0.121 e. The quantitative estimate of drug-likeness (QED) is 0.369. The molecule has 0 heterocycles. The van der Waals surface area contributed by atoms with E-state index in [0.717, 1.165) is 8.58 Å². The summed E-state index contributed by atoms with van der Waals surface area (Å²) in [6.45, 7) is 4.26. The fourth-order valence-electron chi connectivity index (χ4n) is 0.236. The van der Waals surface area contributed by atoms with Crippen LogP contribution >= 0.6 is 8.58 Å². The van der Waals surface area contributed by atoms with E-state index in [1.165, 1.54) is 6.16 Å². The van der Waals surface area contributed by atoms with Gasteiger partial charge in [-0.1, -0.05) is 12.2 Å². The van der Waals surface area contributed by atoms with Crippen molar-refractivity contribution in [1.29, 1.82) is 0 Å². The highest BCUT2D eigenvalue weighted by Gasteiger charge is 1.63. The Kier molecular flexibility index (Phi) is 5.32. The maximum atomic E-state index is 2.21. The van der Waals surface area contributed by atoms with E-state index in [9.17, 15) is 0 Å². The monoisotopic (exact) mass is 102 g/mol. The van der Waals surface area contributed by atoms with E-state index in [0.29, 0.717) is 0 Å². The van der Waals surface area contributed by atoms with Crippen molar-refractivity contribution in [2.45, 2.75) is 6.92 Å². The molecule has 0 spiro atoms. The van der Waals surface area contributed by atoms with E-state index < -0.39 is 0 Å². The molecule has 0 nitrogen and oxygen atoms in total. The molecule has 0 radical (unpaired) electrons. The van der Waals surface area contributed by atoms with Crippen LogP contribution in [0.25, 0.3) is 0 Å². The summed E-state index contributed by atoms with van der Waals surface area (Å²) in [4.78, 5) is 0. The van der Waals surface area contributed by atoms with E-state index in [-0.39, 0.29) is 0 Å². The Balaban J connectivity index is 2.66. The summed E-state index contributed by atoms with van der Waals surface area (Å²) >= 11 is 0. The Morgan fingerprint density at radius 3 is 2.50 bits per heavy atom. The van der Waals surface area contributed by atoms with Gasteiger partial charge in [-0.2, -0.15) is 0 Å². The Bertz CT molecular complexity index is 39.2. The minimum Gasteiger partial charge on any atom is -0.121 e. The zero-order chi connectivity index (χ0) is 4.83. The standard InChI is InChI=1S/C5H11P/c1-3-4-5-6-2/h3-4,6H,5H2,1-2H3/b4-3+. The second-order valence-electron chi connectivity index (χ2n) is 1.13. The molecule has 0 aromatic rings. The van der Waals surface area contributed by atoms with Crippen molar-refractivity contribution >= 4 is 8.58 Å². The van der Waals surface area contributed by atoms with Gasteiger partial charge < -0.3 is 0 Å². The van der Waals surface area contributed by atoms with Crippen molar-refractivity contribution in [3.63, 3.8) is 0 Å². The number of hydrogen-bond donors (Lipinski definition) is 0. The lowest BCUT2D eigenvalue weighted by molar-refractivity contribution is 1.65. The van der Waals surface area contributed by atoms with Crippen molar-refractivity contribution < 1.29 is 0 Å². The number of hydrogen-bond acceptors (Lipinski definition) is 0. The number of allylic oxidation sites excluding steroid dienone is 2. The summed E-state index contributed by atoms with van der Waals surface area (Å²) in [5.74, 6) is 0. The second kappa shape index (κ2) is 5.17. The molecule has 0 fully saturated rings. The first-order chi connectivity index (χ1) is 2.91. The molecule has 0 saturated carbocycles. The van der Waals surface area contributed by atoms with Crippen molar-refractivity contribution in [3.8, 4) is 0 Å². The van der Waals surface area contributed by atoms with E-state index in [1.807, 2.05) is 0 Å². The molecule has 1 heteroatoms. The van der Waals surface area contributed by atoms with Crippen LogP contribution in [0, 0.1) is 0 Å². The van der Waals surface area contributed by atoms with Gasteiger partial charge in [-0.15, -0.1) is 8.58 Å². The molecule has 0 aromatic carbocycles. The summed E-state index contributed by atoms with van der Waals surface area (Å²) in [5, 5.41) is 0. The third-order valence-electron chi connectivity index (χ3n) is 0.558. The van der Waals surface area contributed by atoms with Gasteiger partial charge in [0.25, 0.3) is 0 Å². The van der Waals surface area contributed by atoms with Crippen molar-refractivity contribution in [2.24, 2.45) is 0 Å². The van der Waals surface area contributed by atoms with Crippen molar-refractivity contribution in [2.75, 3.05) is 12.8 Å². The van der Waals surface area contributed by atoms with Crippen LogP contribution in [0.1, 0.15) is 6.92 Å². The Morgan fingerprint density at radius 2 is 2.33 bits per heavy atom. The summed E-state index contributed by atoms with van der Waals surface area (Å²) in [6, 6.07) is 0. The zero-order valence-electron chi connectivity index (χ0n) is 4.36. The topological polar surface area (TPSA) is 0 Å². The van der Waals surface area contributed by atoms with Crippen LogP contribution in [0.15, 0.2) is 12.2 Å². The molecule has 0 N–H and O–H groups in total. The summed E-state index contributed by atoms with van der Waals surface area (Å²) in [6.07, 6.45) is 5.55. The molecular formula is C5H11P. The number of rotatable bonds is 2. The Hall–Kier alpha value is 0.170. The maximum absolute atomic E-state index is 2.21. The SMILES string of the molecule is C/C=C/CPC. The summed E-state index contributed by atoms with van der Waals surface area (Å²) < 4.78 is 0. The molecule has 0 bridgehead atoms. The molecule has 6 heavy (non-hydrogen) atoms. The lowest BCUT2D eigenvalue weighted by atomic mass is 10.6. The predicted molar refractivity (Wildman–Crippen MR) is 33.9 cm³/mol. The lowest BCUT2D eigenvalue weighted by Gasteiger charge is -1.77. The van der Waals surface area contributed by atoms with Crippen LogP contribution in [0.2, 0.25) is 0 Å². The molecule has 0 saturated heterocycles. The van der Waals surface area contributed by atoms with Gasteiger partial charge in [0, 0.05) is 0 Å². The summed E-state index contributed by atoms with van der Waals surface area (Å²) in [7, 11) is 1.08. The van der Waals surface area contributed by atoms with Gasteiger partial charge in [-0.25, -0.2) is 0 Å². The fourth-order valence-corrected chi connectivity index (χ4v) is 0.707. The average Bonchev–Trinajstić information content (AvgIpc) is 1.61. The van der Waals surface area contributed by atoms with Gasteiger partial charge in [0.05, 0.1) is 0 Å². The normalized spacial score (nSPS) is 12.3. The molecule has 0 aliphatic heterocycles. The van der Waals surface area contributed by atoms with Gasteiger partial charge in [0.2, 0.25) is 0 Å². The maximum Gasteiger partial charge on any atom is -0.0175 e. The molecule has 0 aromatic heterocycles. The average molecular weight is 102 g/mol. The van der Waals surface area contributed by atoms with Gasteiger partial charge in [0.15, 0.2) is 0 Å². The highest BCUT2D eigenvalue weighted by atomic mass is 31.1. The highest BCUT2D eigenvalue weighted by molar-refractivity contribution is 7.37. The van der Waals surface area contributed by atoms with Crippen LogP contribution in [0.3, 0.4) is 0 Å². The smallest absolute Gasteiger partial charge is 0.0175 e. The summed E-state index contributed by atoms with van der Waals surface area (Å²) in [5.41, 5.74) is 0. The first-order valence-electron chi connectivity index (χ1n) is 2.17. The van der Waals surface area contributed by atoms with E-state index in [1.54, 1.807) is 0 Å².